The van der Waals surface area contributed by atoms with Crippen LogP contribution < -0.4 is 10.5 Å². The Bertz CT molecular complexity index is 339. The molecule has 3 nitrogen and oxygen atoms in total. The van der Waals surface area contributed by atoms with Gasteiger partial charge in [-0.3, -0.25) is 0 Å². The van der Waals surface area contributed by atoms with E-state index in [1.165, 1.54) is 0 Å². The molecule has 1 aromatic carbocycles. The third-order valence-electron chi connectivity index (χ3n) is 1.82. The number of nitrogens with two attached hydrogens (primary N) is 1. The highest BCUT2D eigenvalue weighted by atomic mass is 32.2. The van der Waals surface area contributed by atoms with Crippen molar-refractivity contribution in [2.24, 2.45) is 0 Å². The zero-order chi connectivity index (χ0) is 10.6. The van der Waals surface area contributed by atoms with Crippen molar-refractivity contribution in [3.05, 3.63) is 23.8 Å². The van der Waals surface area contributed by atoms with Crippen molar-refractivity contribution in [2.45, 2.75) is 20.3 Å². The van der Waals surface area contributed by atoms with Crippen LogP contribution in [0.15, 0.2) is 18.2 Å². The van der Waals surface area contributed by atoms with Crippen molar-refractivity contribution < 1.29 is 4.21 Å². The molecule has 78 valence electrons. The number of hydrogen-bond donors (Lipinski definition) is 2. The van der Waals surface area contributed by atoms with Gasteiger partial charge < -0.3 is 10.5 Å². The van der Waals surface area contributed by atoms with E-state index >= 15 is 0 Å². The van der Waals surface area contributed by atoms with Gasteiger partial charge in [0.25, 0.3) is 0 Å². The van der Waals surface area contributed by atoms with Gasteiger partial charge in [-0.25, -0.2) is 4.21 Å². The fraction of sp³-hybridized carbons (Fsp3) is 0.400. The monoisotopic (exact) mass is 212 g/mol. The maximum atomic E-state index is 11.4. The molecule has 1 rings (SSSR count). The van der Waals surface area contributed by atoms with E-state index in [1.807, 2.05) is 32.0 Å². The summed E-state index contributed by atoms with van der Waals surface area (Å²) in [5.41, 5.74) is 8.27. The van der Waals surface area contributed by atoms with Gasteiger partial charge in [0.15, 0.2) is 0 Å². The third-order valence-corrected chi connectivity index (χ3v) is 3.05. The van der Waals surface area contributed by atoms with E-state index < -0.39 is 11.0 Å². The Labute approximate surface area is 87.3 Å². The normalized spacial score (nSPS) is 12.4. The number of aryl methyl sites for hydroxylation is 1. The predicted molar refractivity (Wildman–Crippen MR) is 62.5 cm³/mol. The second-order valence-corrected chi connectivity index (χ2v) is 4.55. The maximum absolute atomic E-state index is 11.4. The molecule has 0 aliphatic carbocycles. The van der Waals surface area contributed by atoms with Crippen LogP contribution in [0, 0.1) is 6.92 Å². The van der Waals surface area contributed by atoms with Crippen LogP contribution in [0.1, 0.15) is 18.9 Å². The Morgan fingerprint density at radius 1 is 1.50 bits per heavy atom. The molecule has 0 saturated heterocycles. The predicted octanol–water partition coefficient (Wildman–Crippen LogP) is 2.06. The molecule has 0 spiro atoms. The quantitative estimate of drug-likeness (QED) is 0.751. The highest BCUT2D eigenvalue weighted by molar-refractivity contribution is 7.86. The second-order valence-electron chi connectivity index (χ2n) is 3.24. The Hall–Kier alpha value is -1.03. The molecule has 0 saturated carbocycles. The van der Waals surface area contributed by atoms with Gasteiger partial charge in [-0.2, -0.15) is 0 Å². The average molecular weight is 212 g/mol. The van der Waals surface area contributed by atoms with Gasteiger partial charge in [-0.1, -0.05) is 13.0 Å². The molecule has 0 amide bonds. The van der Waals surface area contributed by atoms with Gasteiger partial charge >= 0.3 is 0 Å². The van der Waals surface area contributed by atoms with Crippen LogP contribution >= 0.6 is 0 Å². The molecule has 4 heteroatoms. The van der Waals surface area contributed by atoms with E-state index in [9.17, 15) is 4.21 Å². The van der Waals surface area contributed by atoms with Crippen LogP contribution in [0.5, 0.6) is 0 Å². The standard InChI is InChI=1S/C10H16N2OS/c1-3-6-14(13)12-10-5-4-8(2)7-9(10)11/h4-5,7,12H,3,6,11H2,1-2H3. The lowest BCUT2D eigenvalue weighted by molar-refractivity contribution is 0.685. The third kappa shape index (κ3) is 3.03. The first kappa shape index (κ1) is 11.0. The molecule has 3 N–H and O–H groups in total. The molecular weight excluding hydrogens is 196 g/mol. The molecule has 0 heterocycles. The molecule has 0 aliphatic rings. The fourth-order valence-corrected chi connectivity index (χ4v) is 2.04. The van der Waals surface area contributed by atoms with Crippen molar-refractivity contribution in [1.29, 1.82) is 0 Å². The number of hydrogen-bond acceptors (Lipinski definition) is 2. The summed E-state index contributed by atoms with van der Waals surface area (Å²) in [6.07, 6.45) is 0.894. The van der Waals surface area contributed by atoms with Gasteiger partial charge in [-0.05, 0) is 31.0 Å². The first-order chi connectivity index (χ1) is 6.63. The number of rotatable bonds is 4. The molecular formula is C10H16N2OS. The van der Waals surface area contributed by atoms with Gasteiger partial charge in [-0.15, -0.1) is 0 Å². The lowest BCUT2D eigenvalue weighted by Gasteiger charge is -2.08. The topological polar surface area (TPSA) is 55.1 Å². The highest BCUT2D eigenvalue weighted by Crippen LogP contribution is 2.19. The van der Waals surface area contributed by atoms with Crippen LogP contribution in [0.4, 0.5) is 11.4 Å². The Balaban J connectivity index is 2.72. The van der Waals surface area contributed by atoms with Gasteiger partial charge in [0, 0.05) is 5.75 Å². The molecule has 1 unspecified atom stereocenters. The van der Waals surface area contributed by atoms with E-state index in [-0.39, 0.29) is 0 Å². The minimum atomic E-state index is -1.02. The van der Waals surface area contributed by atoms with E-state index in [0.29, 0.717) is 11.4 Å². The number of benzene rings is 1. The largest absolute Gasteiger partial charge is 0.397 e. The molecule has 0 bridgehead atoms. The summed E-state index contributed by atoms with van der Waals surface area (Å²) in [6, 6.07) is 5.67. The SMILES string of the molecule is CCCS(=O)Nc1ccc(C)cc1N. The summed E-state index contributed by atoms with van der Waals surface area (Å²) in [5, 5.41) is 0. The molecule has 0 radical (unpaired) electrons. The van der Waals surface area contributed by atoms with E-state index in [1.54, 1.807) is 0 Å². The number of nitrogens with one attached hydrogen (secondary N) is 1. The van der Waals surface area contributed by atoms with Crippen molar-refractivity contribution in [3.8, 4) is 0 Å². The molecule has 0 fully saturated rings. The van der Waals surface area contributed by atoms with Crippen LogP contribution in [-0.2, 0) is 11.0 Å². The summed E-state index contributed by atoms with van der Waals surface area (Å²) in [6.45, 7) is 3.97. The van der Waals surface area contributed by atoms with E-state index in [4.69, 9.17) is 5.73 Å². The lowest BCUT2D eigenvalue weighted by Crippen LogP contribution is -2.09. The van der Waals surface area contributed by atoms with Gasteiger partial charge in [0.1, 0.15) is 11.0 Å². The maximum Gasteiger partial charge on any atom is 0.117 e. The minimum absolute atomic E-state index is 0.646. The first-order valence-corrected chi connectivity index (χ1v) is 5.96. The number of nitrogen functional groups attached to an aromatic ring is 1. The molecule has 14 heavy (non-hydrogen) atoms. The molecule has 1 aromatic rings. The Kier molecular flexibility index (Phi) is 3.95. The lowest BCUT2D eigenvalue weighted by atomic mass is 10.2. The average Bonchev–Trinajstić information content (AvgIpc) is 2.10. The van der Waals surface area contributed by atoms with Crippen LogP contribution in [0.25, 0.3) is 0 Å². The minimum Gasteiger partial charge on any atom is -0.397 e. The highest BCUT2D eigenvalue weighted by Gasteiger charge is 2.02. The zero-order valence-corrected chi connectivity index (χ0v) is 9.36. The summed E-state index contributed by atoms with van der Waals surface area (Å²) in [7, 11) is -1.02. The Morgan fingerprint density at radius 3 is 2.79 bits per heavy atom. The van der Waals surface area contributed by atoms with Crippen LogP contribution in [-0.4, -0.2) is 9.96 Å². The zero-order valence-electron chi connectivity index (χ0n) is 8.54. The molecule has 1 atom stereocenters. The van der Waals surface area contributed by atoms with E-state index in [0.717, 1.165) is 17.7 Å². The summed E-state index contributed by atoms with van der Waals surface area (Å²) in [4.78, 5) is 0. The van der Waals surface area contributed by atoms with Crippen molar-refractivity contribution in [2.75, 3.05) is 16.2 Å². The van der Waals surface area contributed by atoms with Crippen LogP contribution in [0.3, 0.4) is 0 Å². The van der Waals surface area contributed by atoms with Crippen LogP contribution in [0.2, 0.25) is 0 Å². The van der Waals surface area contributed by atoms with Crippen molar-refractivity contribution in [1.82, 2.24) is 0 Å². The number of anilines is 2. The summed E-state index contributed by atoms with van der Waals surface area (Å²) in [5.74, 6) is 0.646. The molecule has 0 aliphatic heterocycles. The van der Waals surface area contributed by atoms with Gasteiger partial charge in [0.2, 0.25) is 0 Å². The van der Waals surface area contributed by atoms with Crippen molar-refractivity contribution in [3.63, 3.8) is 0 Å². The second kappa shape index (κ2) is 5.00. The van der Waals surface area contributed by atoms with Gasteiger partial charge in [0.05, 0.1) is 11.4 Å². The first-order valence-electron chi connectivity index (χ1n) is 4.64. The van der Waals surface area contributed by atoms with E-state index in [2.05, 4.69) is 4.72 Å². The summed E-state index contributed by atoms with van der Waals surface area (Å²) >= 11 is 0. The Morgan fingerprint density at radius 2 is 2.21 bits per heavy atom. The molecule has 0 aromatic heterocycles. The summed E-state index contributed by atoms with van der Waals surface area (Å²) < 4.78 is 14.3. The smallest absolute Gasteiger partial charge is 0.117 e. The fourth-order valence-electron chi connectivity index (χ4n) is 1.13. The van der Waals surface area contributed by atoms with Crippen molar-refractivity contribution >= 4 is 22.4 Å².